The largest absolute Gasteiger partial charge is 0.460 e. The number of fused-ring (bicyclic) bond motifs is 3. The number of rotatable bonds is 10. The highest BCUT2D eigenvalue weighted by molar-refractivity contribution is 7.74. The Kier molecular flexibility index (Phi) is 23.6. The van der Waals surface area contributed by atoms with E-state index in [0.717, 1.165) is 5.57 Å². The van der Waals surface area contributed by atoms with Gasteiger partial charge in [0.2, 0.25) is 5.79 Å². The molecule has 2 saturated heterocycles. The summed E-state index contributed by atoms with van der Waals surface area (Å²) in [5, 5.41) is 24.9. The molecule has 4 aliphatic rings. The van der Waals surface area contributed by atoms with Crippen molar-refractivity contribution in [3.05, 3.63) is 108 Å². The number of carbonyl (C=O) groups excluding carboxylic acids is 5. The number of benzene rings is 2. The number of ketones is 3. The standard InChI is InChI=1S/C63H88NO14P/c1-40-22-14-11-15-23-41(2)54(73-8)38-48-31-29-46(7)63(71,77-48)60(68)61(69)64-33-21-20-28-51(64)62(70)76-55(39-52(65)42(3)35-45(6)58(67)59(75-10)57(66)44(5)34-40)43(4)36-47-30-32-53(56(37-47)74-9)78-79(72,49-24-16-12-17-25-49)50-26-18-13-19-27-50/h11-19,22-27,35,40,43-48,51,53-56,58-59,67,71H,20-21,28-34,36-39H2,1-10H3/t40-,43-,44-,45?,46-,47?,48+,51?,53-,54+,55?,56-,58-,59+,63-/m1/s1. The van der Waals surface area contributed by atoms with E-state index in [0.29, 0.717) is 80.4 Å². The molecule has 1 amide bonds. The number of cyclic esters (lactones) is 1. The maximum Gasteiger partial charge on any atom is 0.329 e. The molecule has 16 heteroatoms. The number of esters is 1. The van der Waals surface area contributed by atoms with Crippen LogP contribution in [0.3, 0.4) is 0 Å². The molecular formula is C63H88NO14P. The third-order valence-corrected chi connectivity index (χ3v) is 19.5. The molecule has 3 fully saturated rings. The number of ether oxygens (including phenoxy) is 5. The summed E-state index contributed by atoms with van der Waals surface area (Å²) < 4.78 is 51.9. The molecule has 1 aliphatic carbocycles. The third-order valence-electron chi connectivity index (χ3n) is 16.9. The highest BCUT2D eigenvalue weighted by atomic mass is 31.2. The first-order chi connectivity index (χ1) is 37.6. The summed E-state index contributed by atoms with van der Waals surface area (Å²) in [7, 11) is 1.02. The molecule has 2 N–H and O–H groups in total. The van der Waals surface area contributed by atoms with Crippen LogP contribution < -0.4 is 10.6 Å². The number of hydrogen-bond donors (Lipinski definition) is 2. The molecule has 3 heterocycles. The van der Waals surface area contributed by atoms with Crippen LogP contribution in [0.25, 0.3) is 0 Å². The minimum Gasteiger partial charge on any atom is -0.460 e. The summed E-state index contributed by atoms with van der Waals surface area (Å²) in [4.78, 5) is 73.1. The highest BCUT2D eigenvalue weighted by Gasteiger charge is 2.53. The molecule has 15 atom stereocenters. The smallest absolute Gasteiger partial charge is 0.329 e. The first-order valence-electron chi connectivity index (χ1n) is 28.5. The lowest BCUT2D eigenvalue weighted by molar-refractivity contribution is -0.265. The minimum atomic E-state index is -3.55. The van der Waals surface area contributed by atoms with Crippen LogP contribution >= 0.6 is 7.37 Å². The van der Waals surface area contributed by atoms with Gasteiger partial charge in [-0.2, -0.15) is 0 Å². The maximum absolute atomic E-state index is 15.0. The summed E-state index contributed by atoms with van der Waals surface area (Å²) in [5.41, 5.74) is 1.16. The Morgan fingerprint density at radius 3 is 2.09 bits per heavy atom. The third kappa shape index (κ3) is 16.1. The first kappa shape index (κ1) is 63.5. The van der Waals surface area contributed by atoms with Gasteiger partial charge in [0.05, 0.1) is 30.5 Å². The monoisotopic (exact) mass is 1110 g/mol. The van der Waals surface area contributed by atoms with Gasteiger partial charge in [-0.3, -0.25) is 23.7 Å². The average molecular weight is 1110 g/mol. The van der Waals surface area contributed by atoms with Gasteiger partial charge in [-0.05, 0) is 131 Å². The van der Waals surface area contributed by atoms with Crippen molar-refractivity contribution in [2.75, 3.05) is 27.9 Å². The average Bonchev–Trinajstić information content (AvgIpc) is 3.46. The summed E-state index contributed by atoms with van der Waals surface area (Å²) >= 11 is 0. The number of aliphatic hydroxyl groups is 2. The van der Waals surface area contributed by atoms with Crippen molar-refractivity contribution >= 4 is 47.2 Å². The van der Waals surface area contributed by atoms with Crippen LogP contribution in [0.2, 0.25) is 0 Å². The quantitative estimate of drug-likeness (QED) is 0.130. The van der Waals surface area contributed by atoms with E-state index in [-0.39, 0.29) is 42.8 Å². The second-order valence-corrected chi connectivity index (χ2v) is 25.2. The Labute approximate surface area is 469 Å². The summed E-state index contributed by atoms with van der Waals surface area (Å²) in [6, 6.07) is 17.2. The van der Waals surface area contributed by atoms with Crippen LogP contribution in [0.4, 0.5) is 0 Å². The van der Waals surface area contributed by atoms with Crippen molar-refractivity contribution in [2.24, 2.45) is 35.5 Å². The van der Waals surface area contributed by atoms with Crippen LogP contribution in [-0.2, 0) is 56.7 Å². The minimum absolute atomic E-state index is 0.00302. The van der Waals surface area contributed by atoms with Crippen molar-refractivity contribution < 1.29 is 67.0 Å². The van der Waals surface area contributed by atoms with E-state index in [1.54, 1.807) is 41.1 Å². The molecule has 4 unspecified atom stereocenters. The second-order valence-electron chi connectivity index (χ2n) is 22.9. The topological polar surface area (TPSA) is 201 Å². The molecule has 2 aromatic rings. The van der Waals surface area contributed by atoms with Gasteiger partial charge in [0, 0.05) is 69.1 Å². The number of hydrogen-bond acceptors (Lipinski definition) is 14. The van der Waals surface area contributed by atoms with Gasteiger partial charge in [-0.15, -0.1) is 0 Å². The zero-order valence-corrected chi connectivity index (χ0v) is 49.1. The fourth-order valence-corrected chi connectivity index (χ4v) is 14.2. The van der Waals surface area contributed by atoms with E-state index in [1.165, 1.54) is 12.0 Å². The van der Waals surface area contributed by atoms with Crippen molar-refractivity contribution in [2.45, 2.75) is 180 Å². The van der Waals surface area contributed by atoms with Crippen molar-refractivity contribution in [3.8, 4) is 0 Å². The van der Waals surface area contributed by atoms with Gasteiger partial charge in [-0.1, -0.05) is 107 Å². The Bertz CT molecular complexity index is 2500. The van der Waals surface area contributed by atoms with Gasteiger partial charge in [0.1, 0.15) is 18.2 Å². The number of amides is 1. The predicted molar refractivity (Wildman–Crippen MR) is 304 cm³/mol. The molecule has 0 radical (unpaired) electrons. The van der Waals surface area contributed by atoms with Crippen LogP contribution in [-0.4, -0.2) is 127 Å². The molecule has 3 aliphatic heterocycles. The van der Waals surface area contributed by atoms with E-state index in [9.17, 15) is 38.8 Å². The normalized spacial score (nSPS) is 33.3. The Morgan fingerprint density at radius 1 is 0.785 bits per heavy atom. The Hall–Kier alpha value is -4.70. The van der Waals surface area contributed by atoms with Crippen molar-refractivity contribution in [1.82, 2.24) is 4.90 Å². The van der Waals surface area contributed by atoms with Crippen LogP contribution in [0.15, 0.2) is 108 Å². The second kappa shape index (κ2) is 29.3. The van der Waals surface area contributed by atoms with E-state index >= 15 is 0 Å². The zero-order valence-electron chi connectivity index (χ0n) is 48.2. The van der Waals surface area contributed by atoms with Gasteiger partial charge >= 0.3 is 5.97 Å². The van der Waals surface area contributed by atoms with Gasteiger partial charge in [-0.25, -0.2) is 4.79 Å². The number of nitrogens with zero attached hydrogens (tertiary/aromatic N) is 1. The van der Waals surface area contributed by atoms with Gasteiger partial charge < -0.3 is 43.3 Å². The number of methoxy groups -OCH3 is 3. The Balaban J connectivity index is 1.29. The van der Waals surface area contributed by atoms with Crippen molar-refractivity contribution in [3.63, 3.8) is 0 Å². The number of aliphatic hydroxyl groups excluding tert-OH is 1. The molecule has 2 bridgehead atoms. The fraction of sp³-hybridized carbons (Fsp3) is 0.603. The molecule has 6 rings (SSSR count). The molecular weight excluding hydrogens is 1030 g/mol. The summed E-state index contributed by atoms with van der Waals surface area (Å²) in [5.74, 6) is -8.33. The molecule has 2 aromatic carbocycles. The zero-order chi connectivity index (χ0) is 57.6. The van der Waals surface area contributed by atoms with Crippen LogP contribution in [0.5, 0.6) is 0 Å². The van der Waals surface area contributed by atoms with Crippen LogP contribution in [0.1, 0.15) is 126 Å². The lowest BCUT2D eigenvalue weighted by atomic mass is 9.78. The Morgan fingerprint density at radius 2 is 1.46 bits per heavy atom. The number of allylic oxidation sites excluding steroid dienone is 6. The first-order valence-corrected chi connectivity index (χ1v) is 30.2. The number of piperidine rings is 1. The van der Waals surface area contributed by atoms with E-state index < -0.39 is 103 Å². The lowest BCUT2D eigenvalue weighted by Gasteiger charge is -2.42. The SMILES string of the molecule is CO[C@H]1C[C@@H]2CC[C@@H](C)[C@@](O)(O2)C(=O)C(=O)N2CCCCC2C(=O)OC([C@H](C)CC2CC[C@@H](OP(=O)(c3ccccc3)c3ccccc3)[C@H](OC)C2)CC(=O)C(C)=CC(C)[C@@H](O)[C@@H](OC)C(=O)[C@H](C)C[C@H](C)C=CC=CC=C1C. The summed E-state index contributed by atoms with van der Waals surface area (Å²) in [6.07, 6.45) is 10.7. The van der Waals surface area contributed by atoms with Crippen LogP contribution in [0, 0.1) is 35.5 Å². The molecule has 15 nitrogen and oxygen atoms in total. The van der Waals surface area contributed by atoms with Gasteiger partial charge in [0.25, 0.3) is 19.1 Å². The molecule has 79 heavy (non-hydrogen) atoms. The lowest BCUT2D eigenvalue weighted by Crippen LogP contribution is -2.61. The summed E-state index contributed by atoms with van der Waals surface area (Å²) in [6.45, 7) is 12.7. The van der Waals surface area contributed by atoms with Crippen molar-refractivity contribution in [1.29, 1.82) is 0 Å². The van der Waals surface area contributed by atoms with E-state index in [2.05, 4.69) is 0 Å². The maximum atomic E-state index is 15.0. The number of carbonyl (C=O) groups is 5. The molecule has 434 valence electrons. The molecule has 0 spiro atoms. The fourth-order valence-electron chi connectivity index (χ4n) is 11.9. The van der Waals surface area contributed by atoms with Gasteiger partial charge in [0.15, 0.2) is 11.6 Å². The van der Waals surface area contributed by atoms with E-state index in [1.807, 2.05) is 119 Å². The van der Waals surface area contributed by atoms with E-state index in [4.69, 9.17) is 28.2 Å². The highest BCUT2D eigenvalue weighted by Crippen LogP contribution is 2.49. The number of Topliss-reactive ketones (excluding diaryl/α,β-unsaturated/α-hetero) is 3. The molecule has 1 saturated carbocycles. The molecule has 0 aromatic heterocycles. The predicted octanol–water partition coefficient (Wildman–Crippen LogP) is 9.13.